The van der Waals surface area contributed by atoms with Crippen LogP contribution in [-0.4, -0.2) is 9.97 Å². The van der Waals surface area contributed by atoms with Crippen molar-refractivity contribution in [3.8, 4) is 0 Å². The molecule has 0 saturated carbocycles. The first kappa shape index (κ1) is 9.85. The molecule has 0 radical (unpaired) electrons. The minimum absolute atomic E-state index is 0.310. The summed E-state index contributed by atoms with van der Waals surface area (Å²) in [4.78, 5) is 51.7. The van der Waals surface area contributed by atoms with Crippen molar-refractivity contribution in [1.29, 1.82) is 0 Å². The van der Waals surface area contributed by atoms with Gasteiger partial charge in [0.25, 0.3) is 22.2 Å². The quantitative estimate of drug-likeness (QED) is 0.415. The van der Waals surface area contributed by atoms with E-state index in [0.29, 0.717) is 43.1 Å². The van der Waals surface area contributed by atoms with E-state index in [1.165, 1.54) is 0 Å². The Hall–Kier alpha value is -3.02. The topological polar surface area (TPSA) is 99.9 Å². The lowest BCUT2D eigenvalue weighted by atomic mass is 9.86. The number of H-pyrrole nitrogens is 2. The van der Waals surface area contributed by atoms with Gasteiger partial charge in [-0.3, -0.25) is 29.1 Å². The Labute approximate surface area is 107 Å². The van der Waals surface area contributed by atoms with Gasteiger partial charge in [0.1, 0.15) is 0 Å². The van der Waals surface area contributed by atoms with Crippen LogP contribution in [0.1, 0.15) is 0 Å². The van der Waals surface area contributed by atoms with Crippen molar-refractivity contribution in [3.63, 3.8) is 0 Å². The van der Waals surface area contributed by atoms with Crippen molar-refractivity contribution >= 4 is 43.1 Å². The maximum atomic E-state index is 11.9. The Morgan fingerprint density at radius 1 is 0.500 bits per heavy atom. The Balaban J connectivity index is 2.36. The molecule has 4 aromatic carbocycles. The lowest BCUT2D eigenvalue weighted by molar-refractivity contribution is 1.26. The van der Waals surface area contributed by atoms with Crippen molar-refractivity contribution in [2.45, 2.75) is 0 Å². The van der Waals surface area contributed by atoms with Gasteiger partial charge < -0.3 is 0 Å². The van der Waals surface area contributed by atoms with Crippen LogP contribution in [0, 0.1) is 0 Å². The molecule has 2 heterocycles. The highest BCUT2D eigenvalue weighted by molar-refractivity contribution is 6.42. The van der Waals surface area contributed by atoms with Crippen LogP contribution in [0.25, 0.3) is 43.1 Å². The van der Waals surface area contributed by atoms with E-state index in [1.54, 1.807) is 12.1 Å². The second kappa shape index (κ2) is 2.62. The second-order valence-corrected chi connectivity index (χ2v) is 4.98. The van der Waals surface area contributed by atoms with Crippen LogP contribution < -0.4 is 22.2 Å². The van der Waals surface area contributed by atoms with Crippen LogP contribution in [0.5, 0.6) is 0 Å². The van der Waals surface area contributed by atoms with E-state index in [1.807, 2.05) is 0 Å². The predicted octanol–water partition coefficient (Wildman–Crippen LogP) is 0.148. The Morgan fingerprint density at radius 3 is 1.25 bits per heavy atom. The molecule has 6 heteroatoms. The molecule has 0 aliphatic rings. The highest BCUT2D eigenvalue weighted by atomic mass is 16.2. The fourth-order valence-corrected chi connectivity index (χ4v) is 3.38. The van der Waals surface area contributed by atoms with Gasteiger partial charge in [0.2, 0.25) is 0 Å². The van der Waals surface area contributed by atoms with Crippen LogP contribution in [0.15, 0.2) is 31.3 Å². The van der Waals surface area contributed by atoms with Crippen LogP contribution in [-0.2, 0) is 0 Å². The highest BCUT2D eigenvalue weighted by Crippen LogP contribution is 2.42. The molecule has 0 spiro atoms. The summed E-state index contributed by atoms with van der Waals surface area (Å²) >= 11 is 0. The van der Waals surface area contributed by atoms with Gasteiger partial charge in [-0.05, 0) is 10.8 Å². The summed E-state index contributed by atoms with van der Waals surface area (Å²) in [6.07, 6.45) is 0. The fraction of sp³-hybridized carbons (Fsp3) is 0. The standard InChI is InChI=1S/C14H4N2O4/c17-11-7-3-1-2-4(8(7)12(18)15-11)6-5(3)9-10(6)14(20)16-13(9)19/h1-2H,(H,15,17,18)(H,16,19,20). The van der Waals surface area contributed by atoms with Gasteiger partial charge in [-0.25, -0.2) is 0 Å². The summed E-state index contributed by atoms with van der Waals surface area (Å²) in [6, 6.07) is 3.43. The number of benzene rings is 3. The molecule has 2 aromatic heterocycles. The largest absolute Gasteiger partial charge is 0.288 e. The molecule has 0 fully saturated rings. The minimum atomic E-state index is -0.452. The summed E-state index contributed by atoms with van der Waals surface area (Å²) in [6.45, 7) is 0. The summed E-state index contributed by atoms with van der Waals surface area (Å²) < 4.78 is 0. The summed E-state index contributed by atoms with van der Waals surface area (Å²) in [5, 5.41) is 3.62. The van der Waals surface area contributed by atoms with Crippen LogP contribution in [0.3, 0.4) is 0 Å². The smallest absolute Gasteiger partial charge is 0.259 e. The summed E-state index contributed by atoms with van der Waals surface area (Å²) in [7, 11) is 0. The van der Waals surface area contributed by atoms with Gasteiger partial charge in [-0.2, -0.15) is 0 Å². The molecule has 0 unspecified atom stereocenters. The number of aromatic amines is 2. The SMILES string of the molecule is O=c1[nH]c(=O)c2c3ccc(c12)c1c2c(=O)[nH]c(=O)c2c31. The van der Waals surface area contributed by atoms with E-state index in [2.05, 4.69) is 9.97 Å². The van der Waals surface area contributed by atoms with Crippen LogP contribution in [0.2, 0.25) is 0 Å². The van der Waals surface area contributed by atoms with E-state index in [-0.39, 0.29) is 0 Å². The fourth-order valence-electron chi connectivity index (χ4n) is 3.38. The monoisotopic (exact) mass is 264 g/mol. The zero-order chi connectivity index (χ0) is 13.8. The zero-order valence-electron chi connectivity index (χ0n) is 9.79. The third-order valence-corrected chi connectivity index (χ3v) is 4.11. The molecule has 0 atom stereocenters. The number of nitrogens with one attached hydrogen (secondary N) is 2. The van der Waals surface area contributed by atoms with Gasteiger partial charge in [0.05, 0.1) is 21.5 Å². The molecule has 2 bridgehead atoms. The molecule has 0 aliphatic carbocycles. The number of aromatic nitrogens is 2. The number of hydrogen-bond acceptors (Lipinski definition) is 4. The third-order valence-electron chi connectivity index (χ3n) is 4.11. The molecule has 94 valence electrons. The van der Waals surface area contributed by atoms with E-state index >= 15 is 0 Å². The summed E-state index contributed by atoms with van der Waals surface area (Å²) in [5.74, 6) is 0. The maximum Gasteiger partial charge on any atom is 0.259 e. The van der Waals surface area contributed by atoms with Crippen molar-refractivity contribution in [1.82, 2.24) is 9.97 Å². The molecule has 0 aliphatic heterocycles. The highest BCUT2D eigenvalue weighted by Gasteiger charge is 2.27. The predicted molar refractivity (Wildman–Crippen MR) is 75.0 cm³/mol. The molecule has 2 N–H and O–H groups in total. The Bertz CT molecular complexity index is 1250. The first-order valence-electron chi connectivity index (χ1n) is 5.98. The molecule has 20 heavy (non-hydrogen) atoms. The lowest BCUT2D eigenvalue weighted by Crippen LogP contribution is -2.05. The van der Waals surface area contributed by atoms with Crippen molar-refractivity contribution in [2.75, 3.05) is 0 Å². The van der Waals surface area contributed by atoms with Crippen molar-refractivity contribution in [2.24, 2.45) is 0 Å². The normalized spacial score (nSPS) is 12.8. The van der Waals surface area contributed by atoms with E-state index in [9.17, 15) is 19.2 Å². The number of hydrogen-bond donors (Lipinski definition) is 2. The van der Waals surface area contributed by atoms with Crippen LogP contribution >= 0.6 is 0 Å². The third kappa shape index (κ3) is 0.762. The van der Waals surface area contributed by atoms with E-state index in [4.69, 9.17) is 0 Å². The first-order valence-corrected chi connectivity index (χ1v) is 5.98. The van der Waals surface area contributed by atoms with Crippen molar-refractivity contribution < 1.29 is 0 Å². The minimum Gasteiger partial charge on any atom is -0.288 e. The van der Waals surface area contributed by atoms with Gasteiger partial charge in [-0.1, -0.05) is 12.1 Å². The first-order chi connectivity index (χ1) is 9.59. The summed E-state index contributed by atoms with van der Waals surface area (Å²) in [5.41, 5.74) is -1.78. The van der Waals surface area contributed by atoms with Gasteiger partial charge in [0, 0.05) is 10.8 Å². The molecule has 0 amide bonds. The Kier molecular flexibility index (Phi) is 1.29. The molecular weight excluding hydrogens is 260 g/mol. The van der Waals surface area contributed by atoms with E-state index < -0.39 is 22.2 Å². The van der Waals surface area contributed by atoms with E-state index in [0.717, 1.165) is 0 Å². The zero-order valence-corrected chi connectivity index (χ0v) is 9.79. The molecule has 6 rings (SSSR count). The van der Waals surface area contributed by atoms with Gasteiger partial charge >= 0.3 is 0 Å². The number of fused-ring (bicyclic) bond motifs is 2. The maximum absolute atomic E-state index is 11.9. The number of rotatable bonds is 0. The molecule has 0 saturated heterocycles. The lowest BCUT2D eigenvalue weighted by Gasteiger charge is -2.13. The van der Waals surface area contributed by atoms with Crippen molar-refractivity contribution in [3.05, 3.63) is 53.5 Å². The molecular formula is C14H4N2O4. The second-order valence-electron chi connectivity index (χ2n) is 4.98. The Morgan fingerprint density at radius 2 is 0.850 bits per heavy atom. The average Bonchev–Trinajstić information content (AvgIpc) is 2.78. The van der Waals surface area contributed by atoms with Gasteiger partial charge in [-0.15, -0.1) is 0 Å². The van der Waals surface area contributed by atoms with Crippen LogP contribution in [0.4, 0.5) is 0 Å². The van der Waals surface area contributed by atoms with Gasteiger partial charge in [0.15, 0.2) is 0 Å². The average molecular weight is 264 g/mol. The molecule has 6 nitrogen and oxygen atoms in total. The molecule has 6 aromatic rings.